The van der Waals surface area contributed by atoms with Gasteiger partial charge in [-0.25, -0.2) is 8.42 Å². The van der Waals surface area contributed by atoms with Crippen molar-refractivity contribution < 1.29 is 18.1 Å². The third kappa shape index (κ3) is 3.92. The van der Waals surface area contributed by atoms with E-state index in [0.717, 1.165) is 0 Å². The van der Waals surface area contributed by atoms with Gasteiger partial charge in [-0.2, -0.15) is 0 Å². The number of benzene rings is 1. The standard InChI is InChI=1S/C11H10BrClN2O5S/c12-8-1-2-9(10(4-8)15(17)18)14-5-7(3-11(14)16)6-21(13,19)20/h1-2,4,7H,3,5-6H2. The van der Waals surface area contributed by atoms with E-state index in [-0.39, 0.29) is 36.0 Å². The molecule has 1 atom stereocenters. The molecule has 0 aliphatic carbocycles. The van der Waals surface area contributed by atoms with Gasteiger partial charge in [-0.15, -0.1) is 0 Å². The van der Waals surface area contributed by atoms with E-state index >= 15 is 0 Å². The first-order valence-corrected chi connectivity index (χ1v) is 9.11. The average Bonchev–Trinajstić information content (AvgIpc) is 2.67. The van der Waals surface area contributed by atoms with Gasteiger partial charge in [-0.1, -0.05) is 15.9 Å². The highest BCUT2D eigenvalue weighted by atomic mass is 79.9. The predicted octanol–water partition coefficient (Wildman–Crippen LogP) is 2.28. The normalized spacial score (nSPS) is 19.0. The zero-order valence-electron chi connectivity index (χ0n) is 10.5. The van der Waals surface area contributed by atoms with Gasteiger partial charge in [0.05, 0.1) is 10.7 Å². The minimum atomic E-state index is -3.72. The Balaban J connectivity index is 2.31. The summed E-state index contributed by atoms with van der Waals surface area (Å²) in [6.07, 6.45) is -0.000825. The summed E-state index contributed by atoms with van der Waals surface area (Å²) < 4.78 is 22.7. The molecule has 1 aromatic carbocycles. The summed E-state index contributed by atoms with van der Waals surface area (Å²) in [6.45, 7) is 0.0905. The van der Waals surface area contributed by atoms with Crippen molar-refractivity contribution in [1.82, 2.24) is 0 Å². The van der Waals surface area contributed by atoms with Crippen LogP contribution in [0.5, 0.6) is 0 Å². The summed E-state index contributed by atoms with van der Waals surface area (Å²) in [7, 11) is 1.47. The molecule has 1 heterocycles. The smallest absolute Gasteiger partial charge is 0.294 e. The molecule has 21 heavy (non-hydrogen) atoms. The van der Waals surface area contributed by atoms with Gasteiger partial charge in [-0.05, 0) is 12.1 Å². The molecular weight excluding hydrogens is 388 g/mol. The third-order valence-electron chi connectivity index (χ3n) is 3.06. The minimum Gasteiger partial charge on any atom is -0.306 e. The predicted molar refractivity (Wildman–Crippen MR) is 80.9 cm³/mol. The summed E-state index contributed by atoms with van der Waals surface area (Å²) in [5.74, 6) is -1.16. The van der Waals surface area contributed by atoms with Crippen molar-refractivity contribution >= 4 is 52.9 Å². The lowest BCUT2D eigenvalue weighted by molar-refractivity contribution is -0.384. The summed E-state index contributed by atoms with van der Waals surface area (Å²) in [5.41, 5.74) is -0.0604. The third-order valence-corrected chi connectivity index (χ3v) is 4.81. The number of nitro benzene ring substituents is 1. The van der Waals surface area contributed by atoms with E-state index in [9.17, 15) is 23.3 Å². The van der Waals surface area contributed by atoms with E-state index in [1.807, 2.05) is 0 Å². The van der Waals surface area contributed by atoms with Crippen LogP contribution >= 0.6 is 26.6 Å². The van der Waals surface area contributed by atoms with Crippen molar-refractivity contribution in [3.8, 4) is 0 Å². The number of amides is 1. The van der Waals surface area contributed by atoms with Crippen LogP contribution in [-0.4, -0.2) is 31.5 Å². The second kappa shape index (κ2) is 5.90. The number of rotatable bonds is 4. The highest BCUT2D eigenvalue weighted by molar-refractivity contribution is 9.10. The van der Waals surface area contributed by atoms with Gasteiger partial charge in [0.25, 0.3) is 5.69 Å². The second-order valence-electron chi connectivity index (χ2n) is 4.67. The fraction of sp³-hybridized carbons (Fsp3) is 0.364. The molecule has 0 radical (unpaired) electrons. The molecule has 2 rings (SSSR count). The van der Waals surface area contributed by atoms with Gasteiger partial charge in [0.2, 0.25) is 15.0 Å². The van der Waals surface area contributed by atoms with Crippen molar-refractivity contribution in [2.75, 3.05) is 17.2 Å². The van der Waals surface area contributed by atoms with Crippen LogP contribution in [0.25, 0.3) is 0 Å². The van der Waals surface area contributed by atoms with Gasteiger partial charge in [-0.3, -0.25) is 14.9 Å². The minimum absolute atomic E-state index is 0.000825. The van der Waals surface area contributed by atoms with Crippen molar-refractivity contribution in [2.24, 2.45) is 5.92 Å². The monoisotopic (exact) mass is 396 g/mol. The molecule has 0 aromatic heterocycles. The Morgan fingerprint density at radius 1 is 1.48 bits per heavy atom. The van der Waals surface area contributed by atoms with E-state index in [4.69, 9.17) is 10.7 Å². The van der Waals surface area contributed by atoms with Crippen molar-refractivity contribution in [3.63, 3.8) is 0 Å². The number of hydrogen-bond acceptors (Lipinski definition) is 5. The molecule has 1 aromatic rings. The summed E-state index contributed by atoms with van der Waals surface area (Å²) >= 11 is 3.14. The Morgan fingerprint density at radius 2 is 2.14 bits per heavy atom. The molecule has 1 aliphatic rings. The van der Waals surface area contributed by atoms with Crippen LogP contribution in [0.2, 0.25) is 0 Å². The highest BCUT2D eigenvalue weighted by Gasteiger charge is 2.36. The maximum atomic E-state index is 12.0. The quantitative estimate of drug-likeness (QED) is 0.441. The zero-order valence-corrected chi connectivity index (χ0v) is 13.7. The number of anilines is 1. The molecule has 1 saturated heterocycles. The maximum absolute atomic E-state index is 12.0. The van der Waals surface area contributed by atoms with Crippen molar-refractivity contribution in [2.45, 2.75) is 6.42 Å². The fourth-order valence-electron chi connectivity index (χ4n) is 2.28. The van der Waals surface area contributed by atoms with Gasteiger partial charge in [0.15, 0.2) is 0 Å². The number of nitrogens with zero attached hydrogens (tertiary/aromatic N) is 2. The number of carbonyl (C=O) groups is 1. The molecule has 7 nitrogen and oxygen atoms in total. The average molecular weight is 398 g/mol. The number of carbonyl (C=O) groups excluding carboxylic acids is 1. The van der Waals surface area contributed by atoms with E-state index in [2.05, 4.69) is 15.9 Å². The lowest BCUT2D eigenvalue weighted by Crippen LogP contribution is -2.26. The Hall–Kier alpha value is -1.19. The first-order valence-electron chi connectivity index (χ1n) is 5.84. The van der Waals surface area contributed by atoms with Crippen LogP contribution in [-0.2, 0) is 13.8 Å². The van der Waals surface area contributed by atoms with Gasteiger partial charge in [0, 0.05) is 40.1 Å². The van der Waals surface area contributed by atoms with Gasteiger partial charge < -0.3 is 4.90 Å². The molecular formula is C11H10BrClN2O5S. The maximum Gasteiger partial charge on any atom is 0.294 e. The Bertz CT molecular complexity index is 709. The molecule has 0 bridgehead atoms. The van der Waals surface area contributed by atoms with Crippen LogP contribution in [0.4, 0.5) is 11.4 Å². The largest absolute Gasteiger partial charge is 0.306 e. The van der Waals surface area contributed by atoms with Crippen LogP contribution < -0.4 is 4.90 Å². The van der Waals surface area contributed by atoms with E-state index < -0.39 is 19.9 Å². The molecule has 0 spiro atoms. The van der Waals surface area contributed by atoms with Crippen LogP contribution in [0.3, 0.4) is 0 Å². The number of halogens is 2. The molecule has 10 heteroatoms. The Kier molecular flexibility index (Phi) is 4.54. The highest BCUT2D eigenvalue weighted by Crippen LogP contribution is 2.35. The van der Waals surface area contributed by atoms with E-state index in [0.29, 0.717) is 4.47 Å². The lowest BCUT2D eigenvalue weighted by Gasteiger charge is -2.16. The molecule has 114 valence electrons. The molecule has 0 N–H and O–H groups in total. The molecule has 0 saturated carbocycles. The zero-order chi connectivity index (χ0) is 15.8. The fourth-order valence-corrected chi connectivity index (χ4v) is 3.95. The topological polar surface area (TPSA) is 97.6 Å². The van der Waals surface area contributed by atoms with Crippen molar-refractivity contribution in [1.29, 1.82) is 0 Å². The number of nitro groups is 1. The second-order valence-corrected chi connectivity index (χ2v) is 8.41. The lowest BCUT2D eigenvalue weighted by atomic mass is 10.1. The first-order chi connectivity index (χ1) is 9.67. The first kappa shape index (κ1) is 16.2. The summed E-state index contributed by atoms with van der Waals surface area (Å²) in [6, 6.07) is 4.34. The van der Waals surface area contributed by atoms with E-state index in [1.165, 1.54) is 17.0 Å². The van der Waals surface area contributed by atoms with Crippen LogP contribution in [0.15, 0.2) is 22.7 Å². The van der Waals surface area contributed by atoms with E-state index in [1.54, 1.807) is 6.07 Å². The molecule has 1 fully saturated rings. The number of hydrogen-bond donors (Lipinski definition) is 0. The molecule has 1 aliphatic heterocycles. The van der Waals surface area contributed by atoms with Crippen molar-refractivity contribution in [3.05, 3.63) is 32.8 Å². The summed E-state index contributed by atoms with van der Waals surface area (Å²) in [5, 5.41) is 11.1. The Labute approximate surface area is 133 Å². The van der Waals surface area contributed by atoms with Gasteiger partial charge in [0.1, 0.15) is 5.69 Å². The SMILES string of the molecule is O=C1CC(CS(=O)(=O)Cl)CN1c1ccc(Br)cc1[N+](=O)[O-]. The Morgan fingerprint density at radius 3 is 2.71 bits per heavy atom. The molecule has 1 unspecified atom stereocenters. The summed E-state index contributed by atoms with van der Waals surface area (Å²) in [4.78, 5) is 23.7. The van der Waals surface area contributed by atoms with Crippen LogP contribution in [0, 0.1) is 16.0 Å². The van der Waals surface area contributed by atoms with Gasteiger partial charge >= 0.3 is 0 Å². The molecule has 1 amide bonds. The van der Waals surface area contributed by atoms with Crippen LogP contribution in [0.1, 0.15) is 6.42 Å².